The summed E-state index contributed by atoms with van der Waals surface area (Å²) in [5.74, 6) is 1.04. The van der Waals surface area contributed by atoms with Crippen LogP contribution in [0.4, 0.5) is 0 Å². The molecule has 0 aromatic rings. The van der Waals surface area contributed by atoms with E-state index in [0.29, 0.717) is 25.6 Å². The molecule has 6 nitrogen and oxygen atoms in total. The van der Waals surface area contributed by atoms with E-state index in [4.69, 9.17) is 4.74 Å². The lowest BCUT2D eigenvalue weighted by atomic mass is 10.2. The maximum Gasteiger partial charge on any atom is 0.248 e. The molecule has 3 rings (SSSR count). The molecule has 6 heteroatoms. The fraction of sp³-hybridized carbons (Fsp3) is 0.889. The van der Waals surface area contributed by atoms with E-state index in [1.165, 1.54) is 25.7 Å². The second kappa shape index (κ2) is 8.81. The molecule has 0 spiro atoms. The van der Waals surface area contributed by atoms with Crippen molar-refractivity contribution in [3.63, 3.8) is 0 Å². The van der Waals surface area contributed by atoms with Crippen molar-refractivity contribution < 1.29 is 14.3 Å². The Kier molecular flexibility index (Phi) is 6.49. The molecule has 0 N–H and O–H groups in total. The quantitative estimate of drug-likeness (QED) is 0.724. The summed E-state index contributed by atoms with van der Waals surface area (Å²) in [7, 11) is 0. The Balaban J connectivity index is 1.33. The monoisotopic (exact) mass is 337 g/mol. The highest BCUT2D eigenvalue weighted by atomic mass is 16.5. The average molecular weight is 337 g/mol. The molecule has 2 amide bonds. The highest BCUT2D eigenvalue weighted by Gasteiger charge is 2.25. The molecule has 0 aromatic heterocycles. The topological polar surface area (TPSA) is 53.1 Å². The third-order valence-electron chi connectivity index (χ3n) is 5.32. The number of carbonyl (C=O) groups is 2. The van der Waals surface area contributed by atoms with Crippen LogP contribution in [0.3, 0.4) is 0 Å². The highest BCUT2D eigenvalue weighted by molar-refractivity contribution is 5.79. The zero-order chi connectivity index (χ0) is 16.8. The van der Waals surface area contributed by atoms with Gasteiger partial charge in [-0.3, -0.25) is 14.5 Å². The molecule has 2 aliphatic heterocycles. The largest absolute Gasteiger partial charge is 0.371 e. The van der Waals surface area contributed by atoms with E-state index in [-0.39, 0.29) is 18.4 Å². The van der Waals surface area contributed by atoms with Crippen LogP contribution in [0.25, 0.3) is 0 Å². The van der Waals surface area contributed by atoms with Crippen LogP contribution in [0.1, 0.15) is 38.5 Å². The molecular formula is C18H31N3O3. The lowest BCUT2D eigenvalue weighted by Gasteiger charge is -2.35. The van der Waals surface area contributed by atoms with Gasteiger partial charge >= 0.3 is 0 Å². The van der Waals surface area contributed by atoms with E-state index in [1.807, 2.05) is 9.80 Å². The summed E-state index contributed by atoms with van der Waals surface area (Å²) < 4.78 is 5.49. The van der Waals surface area contributed by atoms with Gasteiger partial charge in [-0.15, -0.1) is 0 Å². The van der Waals surface area contributed by atoms with Crippen LogP contribution in [0.2, 0.25) is 0 Å². The fourth-order valence-electron chi connectivity index (χ4n) is 3.46. The van der Waals surface area contributed by atoms with Crippen molar-refractivity contribution in [3.8, 4) is 0 Å². The van der Waals surface area contributed by atoms with Gasteiger partial charge in [-0.1, -0.05) is 12.8 Å². The molecule has 0 aromatic carbocycles. The van der Waals surface area contributed by atoms with Crippen LogP contribution in [-0.4, -0.2) is 85.5 Å². The minimum absolute atomic E-state index is 0.0918. The first-order valence-corrected chi connectivity index (χ1v) is 9.58. The predicted octanol–water partition coefficient (Wildman–Crippen LogP) is 0.960. The van der Waals surface area contributed by atoms with Gasteiger partial charge in [0.1, 0.15) is 6.61 Å². The molecule has 0 unspecified atom stereocenters. The Labute approximate surface area is 145 Å². The zero-order valence-electron chi connectivity index (χ0n) is 14.8. The standard InChI is InChI=1S/C18H31N3O3/c22-17(20-7-3-1-2-4-8-20)13-19-9-11-21(12-10-19)18(23)15-24-14-16-5-6-16/h16H,1-15H2. The minimum atomic E-state index is 0.0918. The Morgan fingerprint density at radius 3 is 2.04 bits per heavy atom. The van der Waals surface area contributed by atoms with Crippen LogP contribution in [-0.2, 0) is 14.3 Å². The highest BCUT2D eigenvalue weighted by Crippen LogP contribution is 2.28. The van der Waals surface area contributed by atoms with Gasteiger partial charge in [0.05, 0.1) is 13.2 Å². The van der Waals surface area contributed by atoms with E-state index in [0.717, 1.165) is 45.6 Å². The smallest absolute Gasteiger partial charge is 0.248 e. The Hall–Kier alpha value is -1.14. The summed E-state index contributed by atoms with van der Waals surface area (Å²) in [4.78, 5) is 30.6. The number of carbonyl (C=O) groups excluding carboxylic acids is 2. The maximum atomic E-state index is 12.4. The van der Waals surface area contributed by atoms with E-state index in [1.54, 1.807) is 0 Å². The number of likely N-dealkylation sites (tertiary alicyclic amines) is 1. The number of nitrogens with zero attached hydrogens (tertiary/aromatic N) is 3. The van der Waals surface area contributed by atoms with E-state index < -0.39 is 0 Å². The molecule has 3 aliphatic rings. The third kappa shape index (κ3) is 5.45. The molecule has 136 valence electrons. The second-order valence-corrected chi connectivity index (χ2v) is 7.41. The molecule has 1 aliphatic carbocycles. The van der Waals surface area contributed by atoms with E-state index in [9.17, 15) is 9.59 Å². The van der Waals surface area contributed by atoms with Crippen LogP contribution in [0, 0.1) is 5.92 Å². The van der Waals surface area contributed by atoms with Crippen molar-refractivity contribution in [1.82, 2.24) is 14.7 Å². The Morgan fingerprint density at radius 1 is 0.792 bits per heavy atom. The normalized spacial score (nSPS) is 23.2. The molecule has 1 saturated carbocycles. The molecule has 2 saturated heterocycles. The summed E-state index contributed by atoms with van der Waals surface area (Å²) in [6.45, 7) is 6.25. The van der Waals surface area contributed by atoms with Crippen molar-refractivity contribution >= 4 is 11.8 Å². The molecular weight excluding hydrogens is 306 g/mol. The van der Waals surface area contributed by atoms with E-state index >= 15 is 0 Å². The Bertz CT molecular complexity index is 423. The van der Waals surface area contributed by atoms with Gasteiger partial charge in [0.2, 0.25) is 11.8 Å². The van der Waals surface area contributed by atoms with Crippen LogP contribution in [0.5, 0.6) is 0 Å². The number of amides is 2. The fourth-order valence-corrected chi connectivity index (χ4v) is 3.46. The first kappa shape index (κ1) is 17.7. The van der Waals surface area contributed by atoms with Gasteiger partial charge in [-0.2, -0.15) is 0 Å². The van der Waals surface area contributed by atoms with Gasteiger partial charge in [0, 0.05) is 39.3 Å². The summed E-state index contributed by atoms with van der Waals surface area (Å²) in [5.41, 5.74) is 0. The molecule has 2 heterocycles. The van der Waals surface area contributed by atoms with Gasteiger partial charge in [0.25, 0.3) is 0 Å². The number of piperazine rings is 1. The molecule has 0 radical (unpaired) electrons. The second-order valence-electron chi connectivity index (χ2n) is 7.41. The lowest BCUT2D eigenvalue weighted by molar-refractivity contribution is -0.138. The van der Waals surface area contributed by atoms with Crippen LogP contribution >= 0.6 is 0 Å². The number of hydrogen-bond acceptors (Lipinski definition) is 4. The molecule has 3 fully saturated rings. The van der Waals surface area contributed by atoms with Crippen molar-refractivity contribution in [2.45, 2.75) is 38.5 Å². The SMILES string of the molecule is O=C(COCC1CC1)N1CCN(CC(=O)N2CCCCCC2)CC1. The predicted molar refractivity (Wildman–Crippen MR) is 91.6 cm³/mol. The molecule has 24 heavy (non-hydrogen) atoms. The van der Waals surface area contributed by atoms with E-state index in [2.05, 4.69) is 4.90 Å². The van der Waals surface area contributed by atoms with Gasteiger partial charge in [0.15, 0.2) is 0 Å². The van der Waals surface area contributed by atoms with Gasteiger partial charge in [-0.25, -0.2) is 0 Å². The third-order valence-corrected chi connectivity index (χ3v) is 5.32. The number of hydrogen-bond donors (Lipinski definition) is 0. The van der Waals surface area contributed by atoms with Crippen LogP contribution in [0.15, 0.2) is 0 Å². The minimum Gasteiger partial charge on any atom is -0.371 e. The first-order chi connectivity index (χ1) is 11.7. The lowest BCUT2D eigenvalue weighted by Crippen LogP contribution is -2.52. The summed E-state index contributed by atoms with van der Waals surface area (Å²) >= 11 is 0. The average Bonchev–Trinajstić information content (AvgIpc) is 3.42. The summed E-state index contributed by atoms with van der Waals surface area (Å²) in [5, 5.41) is 0. The summed E-state index contributed by atoms with van der Waals surface area (Å²) in [6, 6.07) is 0. The number of ether oxygens (including phenoxy) is 1. The maximum absolute atomic E-state index is 12.4. The molecule has 0 bridgehead atoms. The van der Waals surface area contributed by atoms with Crippen LogP contribution < -0.4 is 0 Å². The van der Waals surface area contributed by atoms with Crippen molar-refractivity contribution in [2.24, 2.45) is 5.92 Å². The zero-order valence-corrected chi connectivity index (χ0v) is 14.8. The number of rotatable bonds is 6. The van der Waals surface area contributed by atoms with Crippen molar-refractivity contribution in [3.05, 3.63) is 0 Å². The summed E-state index contributed by atoms with van der Waals surface area (Å²) in [6.07, 6.45) is 7.25. The van der Waals surface area contributed by atoms with Crippen molar-refractivity contribution in [1.29, 1.82) is 0 Å². The van der Waals surface area contributed by atoms with Gasteiger partial charge in [-0.05, 0) is 31.6 Å². The Morgan fingerprint density at radius 2 is 1.42 bits per heavy atom. The van der Waals surface area contributed by atoms with Gasteiger partial charge < -0.3 is 14.5 Å². The van der Waals surface area contributed by atoms with Crippen molar-refractivity contribution in [2.75, 3.05) is 59.0 Å². The first-order valence-electron chi connectivity index (χ1n) is 9.58. The molecule has 0 atom stereocenters.